The third-order valence-electron chi connectivity index (χ3n) is 5.21. The zero-order chi connectivity index (χ0) is 22.1. The molecule has 0 bridgehead atoms. The summed E-state index contributed by atoms with van der Waals surface area (Å²) >= 11 is 0. The maximum Gasteiger partial charge on any atom is 0.274 e. The normalized spacial score (nSPS) is 10.7. The highest BCUT2D eigenvalue weighted by molar-refractivity contribution is 6.05. The van der Waals surface area contributed by atoms with Crippen LogP contribution in [0.15, 0.2) is 36.5 Å². The summed E-state index contributed by atoms with van der Waals surface area (Å²) in [5, 5.41) is 20.4. The third-order valence-corrected chi connectivity index (χ3v) is 5.21. The fourth-order valence-corrected chi connectivity index (χ4v) is 3.43. The fraction of sp³-hybridized carbons (Fsp3) is 0.174. The number of nitrogens with zero attached hydrogens (tertiary/aromatic N) is 4. The maximum atomic E-state index is 12.8. The van der Waals surface area contributed by atoms with E-state index in [0.29, 0.717) is 28.4 Å². The van der Waals surface area contributed by atoms with E-state index in [-0.39, 0.29) is 5.91 Å². The van der Waals surface area contributed by atoms with Gasteiger partial charge in [0.15, 0.2) is 0 Å². The lowest BCUT2D eigenvalue weighted by molar-refractivity contribution is 0.102. The molecule has 0 spiro atoms. The number of amides is 1. The molecule has 2 N–H and O–H groups in total. The lowest BCUT2D eigenvalue weighted by atomic mass is 10.0. The molecule has 0 radical (unpaired) electrons. The van der Waals surface area contributed by atoms with Gasteiger partial charge < -0.3 is 10.1 Å². The summed E-state index contributed by atoms with van der Waals surface area (Å²) in [7, 11) is 1.57. The Hall–Kier alpha value is -4.25. The van der Waals surface area contributed by atoms with E-state index >= 15 is 0 Å². The van der Waals surface area contributed by atoms with Crippen molar-refractivity contribution < 1.29 is 9.53 Å². The van der Waals surface area contributed by atoms with Gasteiger partial charge in [-0.1, -0.05) is 0 Å². The smallest absolute Gasteiger partial charge is 0.274 e. The second-order valence-corrected chi connectivity index (χ2v) is 7.21. The predicted octanol–water partition coefficient (Wildman–Crippen LogP) is 4.08. The van der Waals surface area contributed by atoms with Crippen molar-refractivity contribution in [1.82, 2.24) is 20.2 Å². The molecule has 0 fully saturated rings. The number of carbonyl (C=O) groups excluding carboxylic acids is 1. The van der Waals surface area contributed by atoms with Gasteiger partial charge in [0.2, 0.25) is 5.88 Å². The van der Waals surface area contributed by atoms with Gasteiger partial charge in [-0.2, -0.15) is 10.4 Å². The van der Waals surface area contributed by atoms with Crippen LogP contribution in [0.1, 0.15) is 32.9 Å². The van der Waals surface area contributed by atoms with Crippen molar-refractivity contribution in [2.75, 3.05) is 12.4 Å². The van der Waals surface area contributed by atoms with E-state index in [1.165, 1.54) is 6.20 Å². The molecule has 0 saturated carbocycles. The minimum absolute atomic E-state index is 0.290. The van der Waals surface area contributed by atoms with Crippen LogP contribution >= 0.6 is 0 Å². The summed E-state index contributed by atoms with van der Waals surface area (Å²) in [6, 6.07) is 11.3. The van der Waals surface area contributed by atoms with Crippen molar-refractivity contribution in [1.29, 1.82) is 5.26 Å². The Balaban J connectivity index is 1.70. The first-order valence-corrected chi connectivity index (χ1v) is 9.60. The third kappa shape index (κ3) is 3.69. The number of aryl methyl sites for hydroxylation is 1. The largest absolute Gasteiger partial charge is 0.481 e. The summed E-state index contributed by atoms with van der Waals surface area (Å²) < 4.78 is 5.28. The van der Waals surface area contributed by atoms with E-state index in [9.17, 15) is 4.79 Å². The molecular weight excluding hydrogens is 392 g/mol. The summed E-state index contributed by atoms with van der Waals surface area (Å²) in [6.07, 6.45) is 1.42. The average molecular weight is 412 g/mol. The van der Waals surface area contributed by atoms with Crippen LogP contribution in [0.4, 0.5) is 5.69 Å². The minimum atomic E-state index is -0.337. The van der Waals surface area contributed by atoms with Gasteiger partial charge in [-0.15, -0.1) is 0 Å². The van der Waals surface area contributed by atoms with Crippen LogP contribution in [0.2, 0.25) is 0 Å². The van der Waals surface area contributed by atoms with Crippen molar-refractivity contribution in [2.24, 2.45) is 0 Å². The molecule has 3 heterocycles. The number of pyridine rings is 2. The van der Waals surface area contributed by atoms with Crippen molar-refractivity contribution in [2.45, 2.75) is 20.8 Å². The number of aromatic nitrogens is 4. The molecule has 0 unspecified atom stereocenters. The number of nitriles is 1. The van der Waals surface area contributed by atoms with E-state index in [4.69, 9.17) is 10.00 Å². The van der Waals surface area contributed by atoms with Crippen molar-refractivity contribution >= 4 is 22.5 Å². The Labute approximate surface area is 178 Å². The van der Waals surface area contributed by atoms with Crippen LogP contribution in [0.5, 0.6) is 5.88 Å². The van der Waals surface area contributed by atoms with E-state index in [1.807, 2.05) is 31.2 Å². The van der Waals surface area contributed by atoms with E-state index in [1.54, 1.807) is 27.0 Å². The van der Waals surface area contributed by atoms with Gasteiger partial charge in [-0.05, 0) is 56.2 Å². The summed E-state index contributed by atoms with van der Waals surface area (Å²) in [5.41, 5.74) is 6.04. The van der Waals surface area contributed by atoms with Gasteiger partial charge in [0.25, 0.3) is 5.91 Å². The van der Waals surface area contributed by atoms with Crippen LogP contribution in [-0.4, -0.2) is 33.2 Å². The SMILES string of the molecule is COc1cc(-c2n[nH]c3ccc(NC(=O)c4ncc(C#N)c(C)c4C)cc23)cc(C)n1. The van der Waals surface area contributed by atoms with E-state index < -0.39 is 0 Å². The molecule has 0 atom stereocenters. The highest BCUT2D eigenvalue weighted by atomic mass is 16.5. The minimum Gasteiger partial charge on any atom is -0.481 e. The topological polar surface area (TPSA) is 117 Å². The quantitative estimate of drug-likeness (QED) is 0.522. The highest BCUT2D eigenvalue weighted by Crippen LogP contribution is 2.30. The Kier molecular flexibility index (Phi) is 5.09. The number of rotatable bonds is 4. The summed E-state index contributed by atoms with van der Waals surface area (Å²) in [4.78, 5) is 21.3. The Morgan fingerprint density at radius 2 is 1.97 bits per heavy atom. The van der Waals surface area contributed by atoms with Gasteiger partial charge in [-0.25, -0.2) is 9.97 Å². The molecule has 8 nitrogen and oxygen atoms in total. The molecule has 0 aliphatic rings. The number of anilines is 1. The number of benzene rings is 1. The number of fused-ring (bicyclic) bond motifs is 1. The first kappa shape index (κ1) is 20.0. The van der Waals surface area contributed by atoms with Crippen LogP contribution in [-0.2, 0) is 0 Å². The highest BCUT2D eigenvalue weighted by Gasteiger charge is 2.16. The molecule has 3 aromatic heterocycles. The Morgan fingerprint density at radius 3 is 2.71 bits per heavy atom. The molecule has 0 aliphatic carbocycles. The summed E-state index contributed by atoms with van der Waals surface area (Å²) in [6.45, 7) is 5.48. The standard InChI is InChI=1S/C23H20N6O2/c1-12-7-15(8-20(26-12)31-4)22-18-9-17(5-6-19(18)28-29-22)27-23(30)21-14(3)13(2)16(10-24)11-25-21/h5-9,11H,1-4H3,(H,27,30)(H,28,29). The number of ether oxygens (including phenoxy) is 1. The number of H-pyrrole nitrogens is 1. The Bertz CT molecular complexity index is 1370. The van der Waals surface area contributed by atoms with E-state index in [2.05, 4.69) is 31.6 Å². The molecule has 8 heteroatoms. The van der Waals surface area contributed by atoms with E-state index in [0.717, 1.165) is 33.4 Å². The van der Waals surface area contributed by atoms with Crippen molar-refractivity contribution in [3.05, 3.63) is 64.6 Å². The van der Waals surface area contributed by atoms with Gasteiger partial charge in [0, 0.05) is 34.6 Å². The first-order chi connectivity index (χ1) is 14.9. The van der Waals surface area contributed by atoms with Crippen LogP contribution in [0.25, 0.3) is 22.2 Å². The second kappa shape index (κ2) is 7.88. The second-order valence-electron chi connectivity index (χ2n) is 7.21. The van der Waals surface area contributed by atoms with Gasteiger partial charge >= 0.3 is 0 Å². The zero-order valence-electron chi connectivity index (χ0n) is 17.6. The number of hydrogen-bond acceptors (Lipinski definition) is 6. The van der Waals surface area contributed by atoms with Crippen LogP contribution in [0, 0.1) is 32.1 Å². The molecule has 0 aliphatic heterocycles. The van der Waals surface area contributed by atoms with Crippen molar-refractivity contribution in [3.8, 4) is 23.2 Å². The number of hydrogen-bond donors (Lipinski definition) is 2. The monoisotopic (exact) mass is 412 g/mol. The molecule has 1 amide bonds. The Morgan fingerprint density at radius 1 is 1.16 bits per heavy atom. The first-order valence-electron chi connectivity index (χ1n) is 9.60. The molecule has 154 valence electrons. The molecular formula is C23H20N6O2. The molecule has 31 heavy (non-hydrogen) atoms. The lowest BCUT2D eigenvalue weighted by Gasteiger charge is -2.10. The van der Waals surface area contributed by atoms with Crippen LogP contribution in [0.3, 0.4) is 0 Å². The predicted molar refractivity (Wildman–Crippen MR) is 117 cm³/mol. The van der Waals surface area contributed by atoms with Gasteiger partial charge in [0.05, 0.1) is 18.2 Å². The maximum absolute atomic E-state index is 12.8. The number of aromatic amines is 1. The van der Waals surface area contributed by atoms with Gasteiger partial charge in [0.1, 0.15) is 17.5 Å². The molecule has 4 rings (SSSR count). The fourth-order valence-electron chi connectivity index (χ4n) is 3.43. The lowest BCUT2D eigenvalue weighted by Crippen LogP contribution is -2.16. The zero-order valence-corrected chi connectivity index (χ0v) is 17.6. The number of carbonyl (C=O) groups is 1. The van der Waals surface area contributed by atoms with Crippen LogP contribution < -0.4 is 10.1 Å². The van der Waals surface area contributed by atoms with Crippen molar-refractivity contribution in [3.63, 3.8) is 0 Å². The molecule has 0 saturated heterocycles. The average Bonchev–Trinajstić information content (AvgIpc) is 3.18. The number of nitrogens with one attached hydrogen (secondary N) is 2. The summed E-state index contributed by atoms with van der Waals surface area (Å²) in [5.74, 6) is 0.171. The van der Waals surface area contributed by atoms with Gasteiger partial charge in [-0.3, -0.25) is 9.89 Å². The molecule has 4 aromatic rings. The number of methoxy groups -OCH3 is 1. The molecule has 1 aromatic carbocycles.